The van der Waals surface area contributed by atoms with Crippen molar-refractivity contribution in [3.8, 4) is 17.2 Å². The summed E-state index contributed by atoms with van der Waals surface area (Å²) in [4.78, 5) is 55.9. The lowest BCUT2D eigenvalue weighted by atomic mass is 9.92. The fourth-order valence-electron chi connectivity index (χ4n) is 6.44. The normalized spacial score (nSPS) is 20.9. The predicted octanol–water partition coefficient (Wildman–Crippen LogP) is 4.23. The molecule has 2 atom stereocenters. The molecule has 242 valence electrons. The van der Waals surface area contributed by atoms with Crippen molar-refractivity contribution in [3.63, 3.8) is 0 Å². The van der Waals surface area contributed by atoms with Crippen LogP contribution in [-0.2, 0) is 33.8 Å². The lowest BCUT2D eigenvalue weighted by Crippen LogP contribution is -2.57. The van der Waals surface area contributed by atoms with Gasteiger partial charge in [0.2, 0.25) is 11.8 Å². The van der Waals surface area contributed by atoms with Crippen molar-refractivity contribution < 1.29 is 37.8 Å². The topological polar surface area (TPSA) is 128 Å². The number of nitrogens with one attached hydrogen (secondary N) is 1. The Balaban J connectivity index is 1.26. The van der Waals surface area contributed by atoms with Gasteiger partial charge in [-0.15, -0.1) is 0 Å². The van der Waals surface area contributed by atoms with Gasteiger partial charge in [0.15, 0.2) is 17.3 Å². The third-order valence-electron chi connectivity index (χ3n) is 8.90. The van der Waals surface area contributed by atoms with E-state index in [4.69, 9.17) is 18.6 Å². The summed E-state index contributed by atoms with van der Waals surface area (Å²) in [7, 11) is 3.18. The van der Waals surface area contributed by atoms with Gasteiger partial charge in [-0.3, -0.25) is 19.2 Å². The number of likely N-dealkylation sites (N-methyl/N-ethyl adjacent to an activating group) is 1. The first-order valence-electron chi connectivity index (χ1n) is 15.7. The first-order chi connectivity index (χ1) is 22.2. The van der Waals surface area contributed by atoms with E-state index in [1.165, 1.54) is 4.90 Å². The van der Waals surface area contributed by atoms with Crippen LogP contribution in [0.3, 0.4) is 0 Å². The maximum Gasteiger partial charge on any atom is 0.258 e. The number of ketones is 1. The second-order valence-electron chi connectivity index (χ2n) is 12.2. The maximum atomic E-state index is 13.9. The van der Waals surface area contributed by atoms with Crippen molar-refractivity contribution in [1.82, 2.24) is 15.1 Å². The molecule has 4 aliphatic rings. The van der Waals surface area contributed by atoms with Crippen LogP contribution in [0, 0.1) is 6.92 Å². The number of Topliss-reactive ketones (excluding diaryl/α,β-unsaturated/α-hetero) is 1. The quantitative estimate of drug-likeness (QED) is 0.446. The number of methoxy groups -OCH3 is 1. The van der Waals surface area contributed by atoms with E-state index in [9.17, 15) is 19.2 Å². The van der Waals surface area contributed by atoms with Gasteiger partial charge in [-0.2, -0.15) is 0 Å². The molecule has 0 spiro atoms. The van der Waals surface area contributed by atoms with Crippen molar-refractivity contribution >= 4 is 23.5 Å². The van der Waals surface area contributed by atoms with Gasteiger partial charge in [0.05, 0.1) is 43.5 Å². The van der Waals surface area contributed by atoms with Crippen LogP contribution < -0.4 is 14.8 Å². The fraction of sp³-hybridized carbons (Fsp3) is 0.429. The molecule has 2 aromatic carbocycles. The van der Waals surface area contributed by atoms with E-state index in [0.717, 1.165) is 11.1 Å². The van der Waals surface area contributed by atoms with E-state index in [1.54, 1.807) is 26.0 Å². The van der Waals surface area contributed by atoms with E-state index in [2.05, 4.69) is 5.32 Å². The van der Waals surface area contributed by atoms with Crippen molar-refractivity contribution in [2.75, 3.05) is 33.8 Å². The molecule has 4 bridgehead atoms. The number of carbonyl (C=O) groups excluding carboxylic acids is 4. The number of hydrogen-bond acceptors (Lipinski definition) is 8. The van der Waals surface area contributed by atoms with Crippen LogP contribution in [0.25, 0.3) is 0 Å². The van der Waals surface area contributed by atoms with Gasteiger partial charge in [0.1, 0.15) is 17.3 Å². The summed E-state index contributed by atoms with van der Waals surface area (Å²) in [5.74, 6) is 1.89. The molecule has 3 aromatic rings. The standard InChI is InChI=1S/C35H39N3O8/c1-21-33(34-26(39)8-5-9-28(34)45-21)35(42)38-15-14-25-30(18-38)44-20-23-6-4-7-24(16-23)46-27-12-10-22(17-29(27)43-3)11-13-32(41)37(2)19-31(40)36-25/h4,6-7,10,12,16-17,25,30H,5,8-9,11,13-15,18-20H2,1-3H3,(H,36,40)/t25-,30-/m0/s1. The largest absolute Gasteiger partial charge is 0.493 e. The van der Waals surface area contributed by atoms with Gasteiger partial charge in [0, 0.05) is 39.4 Å². The molecule has 7 rings (SSSR count). The molecular weight excluding hydrogens is 590 g/mol. The summed E-state index contributed by atoms with van der Waals surface area (Å²) in [6.45, 7) is 2.37. The van der Waals surface area contributed by atoms with Crippen LogP contribution in [0.15, 0.2) is 46.9 Å². The van der Waals surface area contributed by atoms with Crippen LogP contribution in [0.4, 0.5) is 0 Å². The Bertz CT molecular complexity index is 1660. The number of rotatable bonds is 2. The Morgan fingerprint density at radius 3 is 2.70 bits per heavy atom. The Labute approximate surface area is 267 Å². The van der Waals surface area contributed by atoms with Crippen LogP contribution in [0.1, 0.15) is 69.0 Å². The average Bonchev–Trinajstić information content (AvgIpc) is 3.39. The molecule has 0 radical (unpaired) electrons. The molecule has 1 aromatic heterocycles. The summed E-state index contributed by atoms with van der Waals surface area (Å²) >= 11 is 0. The monoisotopic (exact) mass is 629 g/mol. The number of piperidine rings is 1. The van der Waals surface area contributed by atoms with Crippen LogP contribution in [0.5, 0.6) is 17.2 Å². The highest BCUT2D eigenvalue weighted by atomic mass is 16.5. The molecule has 1 fully saturated rings. The first kappa shape index (κ1) is 31.3. The predicted molar refractivity (Wildman–Crippen MR) is 167 cm³/mol. The zero-order valence-corrected chi connectivity index (χ0v) is 26.4. The smallest absolute Gasteiger partial charge is 0.258 e. The lowest BCUT2D eigenvalue weighted by molar-refractivity contribution is -0.135. The summed E-state index contributed by atoms with van der Waals surface area (Å²) in [5, 5.41) is 3.05. The van der Waals surface area contributed by atoms with Crippen molar-refractivity contribution in [2.24, 2.45) is 0 Å². The molecule has 0 unspecified atom stereocenters. The molecule has 46 heavy (non-hydrogen) atoms. The molecule has 0 saturated carbocycles. The van der Waals surface area contributed by atoms with Crippen LogP contribution in [-0.4, -0.2) is 79.2 Å². The number of ether oxygens (including phenoxy) is 3. The van der Waals surface area contributed by atoms with Gasteiger partial charge in [-0.1, -0.05) is 18.2 Å². The minimum absolute atomic E-state index is 0.0685. The SMILES string of the molecule is COc1cc2ccc1Oc1cccc(c1)CO[C@H]1CN(C(=O)c3c(C)oc4c3C(=O)CCC4)CC[C@@H]1NC(=O)CN(C)C(=O)CC2. The highest BCUT2D eigenvalue weighted by Gasteiger charge is 2.38. The summed E-state index contributed by atoms with van der Waals surface area (Å²) in [6, 6.07) is 12.7. The second kappa shape index (κ2) is 13.4. The Kier molecular flexibility index (Phi) is 9.12. The number of hydrogen-bond donors (Lipinski definition) is 1. The number of aryl methyl sites for hydroxylation is 3. The minimum Gasteiger partial charge on any atom is -0.493 e. The van der Waals surface area contributed by atoms with Crippen LogP contribution in [0.2, 0.25) is 0 Å². The number of benzene rings is 2. The third-order valence-corrected chi connectivity index (χ3v) is 8.90. The first-order valence-corrected chi connectivity index (χ1v) is 15.7. The Hall–Kier alpha value is -4.64. The number of fused-ring (bicyclic) bond motifs is 10. The number of furan rings is 1. The second-order valence-corrected chi connectivity index (χ2v) is 12.2. The molecular formula is C35H39N3O8. The lowest BCUT2D eigenvalue weighted by Gasteiger charge is -2.39. The summed E-state index contributed by atoms with van der Waals surface area (Å²) in [6.07, 6.45) is 2.31. The van der Waals surface area contributed by atoms with Crippen molar-refractivity contribution in [1.29, 1.82) is 0 Å². The molecule has 11 nitrogen and oxygen atoms in total. The van der Waals surface area contributed by atoms with Gasteiger partial charge in [-0.25, -0.2) is 0 Å². The van der Waals surface area contributed by atoms with E-state index >= 15 is 0 Å². The van der Waals surface area contributed by atoms with E-state index in [-0.39, 0.29) is 49.6 Å². The summed E-state index contributed by atoms with van der Waals surface area (Å²) < 4.78 is 24.0. The van der Waals surface area contributed by atoms with Gasteiger partial charge in [-0.05, 0) is 61.6 Å². The Morgan fingerprint density at radius 2 is 1.87 bits per heavy atom. The highest BCUT2D eigenvalue weighted by Crippen LogP contribution is 2.34. The number of nitrogens with zero attached hydrogens (tertiary/aromatic N) is 2. The molecule has 4 heterocycles. The highest BCUT2D eigenvalue weighted by molar-refractivity contribution is 6.10. The van der Waals surface area contributed by atoms with E-state index in [0.29, 0.717) is 78.5 Å². The molecule has 11 heteroatoms. The van der Waals surface area contributed by atoms with E-state index < -0.39 is 12.1 Å². The third kappa shape index (κ3) is 6.64. The fourth-order valence-corrected chi connectivity index (χ4v) is 6.44. The minimum atomic E-state index is -0.555. The average molecular weight is 630 g/mol. The molecule has 1 saturated heterocycles. The van der Waals surface area contributed by atoms with E-state index in [1.807, 2.05) is 42.5 Å². The molecule has 1 N–H and O–H groups in total. The molecule has 3 amide bonds. The number of carbonyl (C=O) groups is 4. The molecule has 1 aliphatic carbocycles. The number of amides is 3. The Morgan fingerprint density at radius 1 is 1.02 bits per heavy atom. The van der Waals surface area contributed by atoms with Gasteiger partial charge in [0.25, 0.3) is 5.91 Å². The zero-order chi connectivity index (χ0) is 32.4. The van der Waals surface area contributed by atoms with Crippen LogP contribution >= 0.6 is 0 Å². The summed E-state index contributed by atoms with van der Waals surface area (Å²) in [5.41, 5.74) is 2.48. The molecule has 3 aliphatic heterocycles. The van der Waals surface area contributed by atoms with Gasteiger partial charge < -0.3 is 33.7 Å². The van der Waals surface area contributed by atoms with Crippen molar-refractivity contribution in [3.05, 3.63) is 76.2 Å². The van der Waals surface area contributed by atoms with Crippen molar-refractivity contribution in [2.45, 2.75) is 64.2 Å². The van der Waals surface area contributed by atoms with Gasteiger partial charge >= 0.3 is 0 Å². The maximum absolute atomic E-state index is 13.9. The number of likely N-dealkylation sites (tertiary alicyclic amines) is 1. The zero-order valence-electron chi connectivity index (χ0n) is 26.4.